The predicted molar refractivity (Wildman–Crippen MR) is 79.8 cm³/mol. The lowest BCUT2D eigenvalue weighted by Crippen LogP contribution is -2.15. The lowest BCUT2D eigenvalue weighted by Gasteiger charge is -2.12. The fourth-order valence-electron chi connectivity index (χ4n) is 2.97. The van der Waals surface area contributed by atoms with Crippen LogP contribution in [0.2, 0.25) is 5.02 Å². The van der Waals surface area contributed by atoms with Gasteiger partial charge in [0.2, 0.25) is 0 Å². The Hall–Kier alpha value is -1.33. The highest BCUT2D eigenvalue weighted by Crippen LogP contribution is 2.44. The Morgan fingerprint density at radius 1 is 1.33 bits per heavy atom. The van der Waals surface area contributed by atoms with E-state index in [9.17, 15) is 4.79 Å². The second kappa shape index (κ2) is 4.85. The first-order chi connectivity index (χ1) is 10.1. The number of nitrogens with zero attached hydrogens (tertiary/aromatic N) is 1. The minimum absolute atomic E-state index is 0.228. The number of halogens is 2. The van der Waals surface area contributed by atoms with E-state index in [1.54, 1.807) is 0 Å². The summed E-state index contributed by atoms with van der Waals surface area (Å²) in [6, 6.07) is 3.71. The quantitative estimate of drug-likeness (QED) is 0.768. The van der Waals surface area contributed by atoms with Gasteiger partial charge in [-0.3, -0.25) is 4.79 Å². The second-order valence-corrected chi connectivity index (χ2v) is 6.66. The summed E-state index contributed by atoms with van der Waals surface area (Å²) < 4.78 is 12.3. The molecule has 2 aromatic rings. The van der Waals surface area contributed by atoms with Crippen molar-refractivity contribution in [1.82, 2.24) is 5.16 Å². The molecule has 108 valence electrons. The molecule has 0 radical (unpaired) electrons. The largest absolute Gasteiger partial charge is 0.481 e. The number of hydrogen-bond donors (Lipinski definition) is 0. The van der Waals surface area contributed by atoms with E-state index in [1.807, 2.05) is 12.1 Å². The fourth-order valence-corrected chi connectivity index (χ4v) is 3.93. The standard InChI is InChI=1S/C15H11BrClNO3/c16-11-5-8(17)3-7-4-13(20-14(7)11)15-10-6-9(19)1-2-12(10)18-21-15/h3,5,13H,1-2,4,6H2/t13-/m0/s1. The maximum atomic E-state index is 11.7. The predicted octanol–water partition coefficient (Wildman–Crippen LogP) is 3.82. The van der Waals surface area contributed by atoms with Crippen LogP contribution in [-0.2, 0) is 24.1 Å². The third-order valence-electron chi connectivity index (χ3n) is 3.96. The van der Waals surface area contributed by atoms with Crippen molar-refractivity contribution in [2.24, 2.45) is 0 Å². The van der Waals surface area contributed by atoms with Gasteiger partial charge in [0.05, 0.1) is 10.2 Å². The number of ketones is 1. The van der Waals surface area contributed by atoms with Crippen molar-refractivity contribution < 1.29 is 14.1 Å². The van der Waals surface area contributed by atoms with Gasteiger partial charge in [0.25, 0.3) is 0 Å². The molecule has 21 heavy (non-hydrogen) atoms. The molecule has 0 amide bonds. The monoisotopic (exact) mass is 367 g/mol. The Bertz CT molecular complexity index is 756. The first kappa shape index (κ1) is 13.3. The maximum absolute atomic E-state index is 11.7. The van der Waals surface area contributed by atoms with Gasteiger partial charge in [-0.2, -0.15) is 0 Å². The van der Waals surface area contributed by atoms with Crippen molar-refractivity contribution in [2.45, 2.75) is 31.8 Å². The number of carbonyl (C=O) groups excluding carboxylic acids is 1. The molecule has 0 spiro atoms. The molecule has 1 aromatic heterocycles. The molecule has 0 saturated carbocycles. The Kier molecular flexibility index (Phi) is 3.08. The molecule has 0 fully saturated rings. The molecule has 2 heterocycles. The van der Waals surface area contributed by atoms with E-state index >= 15 is 0 Å². The van der Waals surface area contributed by atoms with Gasteiger partial charge in [0.15, 0.2) is 11.9 Å². The van der Waals surface area contributed by atoms with E-state index in [2.05, 4.69) is 21.1 Å². The number of fused-ring (bicyclic) bond motifs is 2. The topological polar surface area (TPSA) is 52.3 Å². The van der Waals surface area contributed by atoms with Crippen LogP contribution in [0.3, 0.4) is 0 Å². The second-order valence-electron chi connectivity index (χ2n) is 5.37. The maximum Gasteiger partial charge on any atom is 0.181 e. The van der Waals surface area contributed by atoms with Crippen LogP contribution < -0.4 is 4.74 Å². The number of carbonyl (C=O) groups is 1. The average Bonchev–Trinajstić information content (AvgIpc) is 3.01. The molecule has 1 aromatic carbocycles. The Morgan fingerprint density at radius 2 is 2.19 bits per heavy atom. The van der Waals surface area contributed by atoms with Gasteiger partial charge in [-0.25, -0.2) is 0 Å². The van der Waals surface area contributed by atoms with Crippen molar-refractivity contribution in [3.05, 3.63) is 44.2 Å². The van der Waals surface area contributed by atoms with Crippen LogP contribution in [0.1, 0.15) is 35.1 Å². The highest BCUT2D eigenvalue weighted by molar-refractivity contribution is 9.10. The first-order valence-corrected chi connectivity index (χ1v) is 7.92. The van der Waals surface area contributed by atoms with Gasteiger partial charge in [0, 0.05) is 41.8 Å². The van der Waals surface area contributed by atoms with Crippen LogP contribution in [0.15, 0.2) is 21.1 Å². The SMILES string of the molecule is O=C1CCc2noc([C@@H]3Cc4cc(Cl)cc(Br)c4O3)c2C1. The smallest absolute Gasteiger partial charge is 0.181 e. The van der Waals surface area contributed by atoms with Gasteiger partial charge >= 0.3 is 0 Å². The highest BCUT2D eigenvalue weighted by atomic mass is 79.9. The fraction of sp³-hybridized carbons (Fsp3) is 0.333. The van der Waals surface area contributed by atoms with Crippen LogP contribution in [0, 0.1) is 0 Å². The number of aryl methyl sites for hydroxylation is 1. The van der Waals surface area contributed by atoms with Crippen molar-refractivity contribution >= 4 is 33.3 Å². The molecule has 4 nitrogen and oxygen atoms in total. The zero-order valence-corrected chi connectivity index (χ0v) is 13.3. The van der Waals surface area contributed by atoms with E-state index in [-0.39, 0.29) is 11.9 Å². The lowest BCUT2D eigenvalue weighted by molar-refractivity contribution is -0.118. The molecular weight excluding hydrogens is 358 g/mol. The molecule has 1 atom stereocenters. The van der Waals surface area contributed by atoms with Crippen LogP contribution in [0.25, 0.3) is 0 Å². The van der Waals surface area contributed by atoms with E-state index in [0.29, 0.717) is 36.5 Å². The number of rotatable bonds is 1. The van der Waals surface area contributed by atoms with Gasteiger partial charge in [-0.05, 0) is 28.1 Å². The lowest BCUT2D eigenvalue weighted by atomic mass is 9.93. The minimum Gasteiger partial charge on any atom is -0.481 e. The Balaban J connectivity index is 1.70. The Morgan fingerprint density at radius 3 is 3.05 bits per heavy atom. The van der Waals surface area contributed by atoms with Crippen LogP contribution in [-0.4, -0.2) is 10.9 Å². The molecule has 0 bridgehead atoms. The number of hydrogen-bond acceptors (Lipinski definition) is 4. The summed E-state index contributed by atoms with van der Waals surface area (Å²) in [7, 11) is 0. The van der Waals surface area contributed by atoms with Gasteiger partial charge in [-0.1, -0.05) is 16.8 Å². The summed E-state index contributed by atoms with van der Waals surface area (Å²) in [5.41, 5.74) is 2.83. The molecule has 1 aliphatic heterocycles. The van der Waals surface area contributed by atoms with Crippen molar-refractivity contribution in [3.63, 3.8) is 0 Å². The molecule has 0 N–H and O–H groups in total. The van der Waals surface area contributed by atoms with Crippen LogP contribution in [0.5, 0.6) is 5.75 Å². The third-order valence-corrected chi connectivity index (χ3v) is 4.76. The van der Waals surface area contributed by atoms with Crippen molar-refractivity contribution in [1.29, 1.82) is 0 Å². The van der Waals surface area contributed by atoms with Crippen molar-refractivity contribution in [2.75, 3.05) is 0 Å². The highest BCUT2D eigenvalue weighted by Gasteiger charge is 2.34. The van der Waals surface area contributed by atoms with Crippen LogP contribution in [0.4, 0.5) is 0 Å². The zero-order valence-electron chi connectivity index (χ0n) is 11.0. The van der Waals surface area contributed by atoms with E-state index in [1.165, 1.54) is 0 Å². The summed E-state index contributed by atoms with van der Waals surface area (Å²) in [6.45, 7) is 0. The summed E-state index contributed by atoms with van der Waals surface area (Å²) in [6.07, 6.45) is 2.03. The van der Waals surface area contributed by atoms with Crippen molar-refractivity contribution in [3.8, 4) is 5.75 Å². The Labute approximate surface area is 134 Å². The summed E-state index contributed by atoms with van der Waals surface area (Å²) in [5, 5.41) is 4.76. The summed E-state index contributed by atoms with van der Waals surface area (Å²) in [4.78, 5) is 11.7. The number of Topliss-reactive ketones (excluding diaryl/α,β-unsaturated/α-hetero) is 1. The van der Waals surface area contributed by atoms with E-state index < -0.39 is 0 Å². The third kappa shape index (κ3) is 2.19. The minimum atomic E-state index is -0.239. The summed E-state index contributed by atoms with van der Waals surface area (Å²) >= 11 is 9.53. The molecule has 4 rings (SSSR count). The van der Waals surface area contributed by atoms with E-state index in [4.69, 9.17) is 20.9 Å². The molecule has 0 unspecified atom stereocenters. The number of aromatic nitrogens is 1. The van der Waals surface area contributed by atoms with Crippen LogP contribution >= 0.6 is 27.5 Å². The van der Waals surface area contributed by atoms with Gasteiger partial charge < -0.3 is 9.26 Å². The molecule has 2 aliphatic rings. The number of benzene rings is 1. The molecule has 0 saturated heterocycles. The molecule has 6 heteroatoms. The van der Waals surface area contributed by atoms with Gasteiger partial charge in [0.1, 0.15) is 11.5 Å². The molecular formula is C15H11BrClNO3. The number of ether oxygens (including phenoxy) is 1. The zero-order chi connectivity index (χ0) is 14.6. The van der Waals surface area contributed by atoms with Gasteiger partial charge in [-0.15, -0.1) is 0 Å². The molecule has 1 aliphatic carbocycles. The average molecular weight is 369 g/mol. The normalized spacial score (nSPS) is 20.1. The van der Waals surface area contributed by atoms with E-state index in [0.717, 1.165) is 27.0 Å². The first-order valence-electron chi connectivity index (χ1n) is 6.75. The summed E-state index contributed by atoms with van der Waals surface area (Å²) in [5.74, 6) is 1.70.